The van der Waals surface area contributed by atoms with E-state index in [1.165, 1.54) is 0 Å². The third kappa shape index (κ3) is 5.00. The number of thioether (sulfide) groups is 1. The van der Waals surface area contributed by atoms with Gasteiger partial charge in [-0.05, 0) is 33.6 Å². The standard InChI is InChI=1S/C14H24N4O2S/c1-5-7-15-12-16-13(20-9(2)3)18-14(17-12)21-11-6-8-19-10(11)4/h9-11H,5-8H2,1-4H3,(H,15,16,17,18). The molecule has 1 aliphatic rings. The Morgan fingerprint density at radius 2 is 2.19 bits per heavy atom. The Balaban J connectivity index is 2.13. The first-order chi connectivity index (χ1) is 10.1. The lowest BCUT2D eigenvalue weighted by molar-refractivity contribution is 0.127. The van der Waals surface area contributed by atoms with Crippen LogP contribution in [-0.2, 0) is 4.74 Å². The molecule has 1 aliphatic heterocycles. The van der Waals surface area contributed by atoms with Crippen molar-refractivity contribution in [2.24, 2.45) is 0 Å². The van der Waals surface area contributed by atoms with Crippen LogP contribution in [0.5, 0.6) is 6.01 Å². The number of rotatable bonds is 7. The van der Waals surface area contributed by atoms with Crippen LogP contribution in [0.4, 0.5) is 5.95 Å². The number of nitrogens with one attached hydrogen (secondary N) is 1. The molecule has 1 fully saturated rings. The highest BCUT2D eigenvalue weighted by Crippen LogP contribution is 2.31. The van der Waals surface area contributed by atoms with Crippen molar-refractivity contribution in [2.75, 3.05) is 18.5 Å². The zero-order valence-electron chi connectivity index (χ0n) is 13.1. The van der Waals surface area contributed by atoms with E-state index in [4.69, 9.17) is 9.47 Å². The minimum atomic E-state index is 0.0398. The van der Waals surface area contributed by atoms with Crippen molar-refractivity contribution < 1.29 is 9.47 Å². The molecular weight excluding hydrogens is 288 g/mol. The zero-order valence-corrected chi connectivity index (χ0v) is 13.9. The van der Waals surface area contributed by atoms with Gasteiger partial charge in [-0.25, -0.2) is 0 Å². The monoisotopic (exact) mass is 312 g/mol. The van der Waals surface area contributed by atoms with Crippen LogP contribution in [0.25, 0.3) is 0 Å². The van der Waals surface area contributed by atoms with Gasteiger partial charge in [0, 0.05) is 18.4 Å². The van der Waals surface area contributed by atoms with Crippen molar-refractivity contribution >= 4 is 17.7 Å². The summed E-state index contributed by atoms with van der Waals surface area (Å²) < 4.78 is 11.2. The molecule has 1 N–H and O–H groups in total. The molecule has 0 aromatic carbocycles. The predicted octanol–water partition coefficient (Wildman–Crippen LogP) is 2.75. The number of ether oxygens (including phenoxy) is 2. The molecule has 1 saturated heterocycles. The van der Waals surface area contributed by atoms with E-state index in [-0.39, 0.29) is 12.2 Å². The molecule has 2 heterocycles. The number of anilines is 1. The maximum absolute atomic E-state index is 5.62. The number of hydrogen-bond acceptors (Lipinski definition) is 7. The number of nitrogens with zero attached hydrogens (tertiary/aromatic N) is 3. The predicted molar refractivity (Wildman–Crippen MR) is 84.0 cm³/mol. The summed E-state index contributed by atoms with van der Waals surface area (Å²) in [5, 5.41) is 4.28. The Morgan fingerprint density at radius 3 is 2.81 bits per heavy atom. The number of hydrogen-bond donors (Lipinski definition) is 1. The van der Waals surface area contributed by atoms with Gasteiger partial charge in [-0.1, -0.05) is 18.7 Å². The summed E-state index contributed by atoms with van der Waals surface area (Å²) in [5.41, 5.74) is 0. The van der Waals surface area contributed by atoms with Crippen LogP contribution in [0.15, 0.2) is 5.16 Å². The van der Waals surface area contributed by atoms with Gasteiger partial charge in [0.2, 0.25) is 5.95 Å². The maximum Gasteiger partial charge on any atom is 0.322 e. The molecule has 2 rings (SSSR count). The van der Waals surface area contributed by atoms with Gasteiger partial charge in [-0.2, -0.15) is 15.0 Å². The zero-order chi connectivity index (χ0) is 15.2. The third-order valence-corrected chi connectivity index (χ3v) is 4.35. The molecule has 1 aromatic rings. The summed E-state index contributed by atoms with van der Waals surface area (Å²) in [7, 11) is 0. The molecule has 0 radical (unpaired) electrons. The summed E-state index contributed by atoms with van der Waals surface area (Å²) in [6.45, 7) is 9.75. The van der Waals surface area contributed by atoms with Crippen LogP contribution < -0.4 is 10.1 Å². The van der Waals surface area contributed by atoms with Crippen molar-refractivity contribution in [1.29, 1.82) is 0 Å². The lowest BCUT2D eigenvalue weighted by Crippen LogP contribution is -2.16. The van der Waals surface area contributed by atoms with Crippen LogP contribution in [0.2, 0.25) is 0 Å². The quantitative estimate of drug-likeness (QED) is 0.830. The molecule has 0 saturated carbocycles. The van der Waals surface area contributed by atoms with Gasteiger partial charge in [0.05, 0.1) is 12.2 Å². The fraction of sp³-hybridized carbons (Fsp3) is 0.786. The van der Waals surface area contributed by atoms with Gasteiger partial charge in [0.25, 0.3) is 0 Å². The topological polar surface area (TPSA) is 69.2 Å². The third-order valence-electron chi connectivity index (χ3n) is 3.03. The summed E-state index contributed by atoms with van der Waals surface area (Å²) in [6.07, 6.45) is 2.31. The lowest BCUT2D eigenvalue weighted by atomic mass is 10.3. The van der Waals surface area contributed by atoms with Crippen LogP contribution in [-0.4, -0.2) is 45.6 Å². The highest BCUT2D eigenvalue weighted by molar-refractivity contribution is 7.99. The molecule has 0 amide bonds. The van der Waals surface area contributed by atoms with Crippen LogP contribution in [0, 0.1) is 0 Å². The highest BCUT2D eigenvalue weighted by Gasteiger charge is 2.26. The van der Waals surface area contributed by atoms with Gasteiger partial charge >= 0.3 is 6.01 Å². The van der Waals surface area contributed by atoms with E-state index in [9.17, 15) is 0 Å². The normalized spacial score (nSPS) is 21.8. The molecule has 0 spiro atoms. The summed E-state index contributed by atoms with van der Waals surface area (Å²) in [4.78, 5) is 13.2. The number of aromatic nitrogens is 3. The molecule has 118 valence electrons. The lowest BCUT2D eigenvalue weighted by Gasteiger charge is -2.14. The minimum Gasteiger partial charge on any atom is -0.461 e. The van der Waals surface area contributed by atoms with E-state index in [0.717, 1.165) is 26.0 Å². The van der Waals surface area contributed by atoms with Gasteiger partial charge in [0.1, 0.15) is 0 Å². The summed E-state index contributed by atoms with van der Waals surface area (Å²) >= 11 is 1.64. The van der Waals surface area contributed by atoms with E-state index in [1.54, 1.807) is 11.8 Å². The second-order valence-electron chi connectivity index (χ2n) is 5.34. The largest absolute Gasteiger partial charge is 0.461 e. The fourth-order valence-corrected chi connectivity index (χ4v) is 3.00. The van der Waals surface area contributed by atoms with E-state index in [2.05, 4.69) is 34.1 Å². The average molecular weight is 312 g/mol. The smallest absolute Gasteiger partial charge is 0.322 e. The summed E-state index contributed by atoms with van der Waals surface area (Å²) in [5.74, 6) is 0.580. The summed E-state index contributed by atoms with van der Waals surface area (Å²) in [6, 6.07) is 0.382. The Kier molecular flexibility index (Phi) is 6.05. The second kappa shape index (κ2) is 7.79. The molecule has 6 nitrogen and oxygen atoms in total. The van der Waals surface area contributed by atoms with E-state index >= 15 is 0 Å². The van der Waals surface area contributed by atoms with Gasteiger partial charge in [-0.15, -0.1) is 0 Å². The molecule has 2 atom stereocenters. The van der Waals surface area contributed by atoms with E-state index in [0.29, 0.717) is 22.4 Å². The van der Waals surface area contributed by atoms with Crippen LogP contribution in [0.1, 0.15) is 40.5 Å². The SMILES string of the molecule is CCCNc1nc(OC(C)C)nc(SC2CCOC2C)n1. The van der Waals surface area contributed by atoms with E-state index in [1.807, 2.05) is 13.8 Å². The van der Waals surface area contributed by atoms with Gasteiger partial charge in [-0.3, -0.25) is 0 Å². The second-order valence-corrected chi connectivity index (χ2v) is 6.54. The van der Waals surface area contributed by atoms with Crippen LogP contribution >= 0.6 is 11.8 Å². The Bertz CT molecular complexity index is 459. The Morgan fingerprint density at radius 1 is 1.38 bits per heavy atom. The highest BCUT2D eigenvalue weighted by atomic mass is 32.2. The van der Waals surface area contributed by atoms with Crippen LogP contribution in [0.3, 0.4) is 0 Å². The molecule has 7 heteroatoms. The molecule has 21 heavy (non-hydrogen) atoms. The molecule has 0 bridgehead atoms. The first kappa shape index (κ1) is 16.3. The fourth-order valence-electron chi connectivity index (χ4n) is 1.97. The first-order valence-electron chi connectivity index (χ1n) is 7.53. The van der Waals surface area contributed by atoms with Crippen molar-refractivity contribution in [3.8, 4) is 6.01 Å². The van der Waals surface area contributed by atoms with Gasteiger partial charge in [0.15, 0.2) is 5.16 Å². The molecule has 0 aliphatic carbocycles. The minimum absolute atomic E-state index is 0.0398. The first-order valence-corrected chi connectivity index (χ1v) is 8.41. The van der Waals surface area contributed by atoms with Crippen molar-refractivity contribution in [3.63, 3.8) is 0 Å². The molecule has 2 unspecified atom stereocenters. The average Bonchev–Trinajstić information content (AvgIpc) is 2.81. The Labute approximate surface area is 130 Å². The van der Waals surface area contributed by atoms with Gasteiger partial charge < -0.3 is 14.8 Å². The van der Waals surface area contributed by atoms with E-state index < -0.39 is 0 Å². The molecular formula is C14H24N4O2S. The Hall–Kier alpha value is -1.08. The van der Waals surface area contributed by atoms with Crippen molar-refractivity contribution in [1.82, 2.24) is 15.0 Å². The van der Waals surface area contributed by atoms with Crippen molar-refractivity contribution in [2.45, 2.75) is 63.2 Å². The maximum atomic E-state index is 5.62. The molecule has 1 aromatic heterocycles. The van der Waals surface area contributed by atoms with Crippen molar-refractivity contribution in [3.05, 3.63) is 0 Å².